The van der Waals surface area contributed by atoms with Gasteiger partial charge in [0.25, 0.3) is 11.8 Å². The van der Waals surface area contributed by atoms with Crippen LogP contribution < -0.4 is 26.0 Å². The number of carbonyl (C=O) groups excluding carboxylic acids is 6. The lowest BCUT2D eigenvalue weighted by Gasteiger charge is -2.29. The van der Waals surface area contributed by atoms with E-state index in [2.05, 4.69) is 21.3 Å². The Balaban J connectivity index is 0.897. The van der Waals surface area contributed by atoms with E-state index in [4.69, 9.17) is 19.2 Å². The fourth-order valence-corrected chi connectivity index (χ4v) is 8.08. The quantitative estimate of drug-likeness (QED) is 0.126. The molecule has 1 saturated carbocycles. The van der Waals surface area contributed by atoms with Crippen LogP contribution in [-0.2, 0) is 30.3 Å². The molecule has 6 amide bonds. The van der Waals surface area contributed by atoms with Crippen molar-refractivity contribution in [1.82, 2.24) is 20.5 Å². The van der Waals surface area contributed by atoms with E-state index in [-0.39, 0.29) is 74.2 Å². The van der Waals surface area contributed by atoms with Crippen LogP contribution >= 0.6 is 11.3 Å². The molecule has 56 heavy (non-hydrogen) atoms. The number of amides is 6. The number of benzene rings is 2. The number of hydrogen-bond acceptors (Lipinski definition) is 12. The molecule has 2 fully saturated rings. The maximum atomic E-state index is 13.3. The summed E-state index contributed by atoms with van der Waals surface area (Å²) in [5.74, 6) is -1.53. The predicted molar refractivity (Wildman–Crippen MR) is 208 cm³/mol. The first-order valence-corrected chi connectivity index (χ1v) is 19.7. The molecule has 6 rings (SSSR count). The molecule has 1 atom stereocenters. The maximum absolute atomic E-state index is 13.3. The number of anilines is 2. The van der Waals surface area contributed by atoms with Gasteiger partial charge in [-0.2, -0.15) is 0 Å². The highest BCUT2D eigenvalue weighted by molar-refractivity contribution is 7.15. The average Bonchev–Trinajstić information content (AvgIpc) is 3.62. The van der Waals surface area contributed by atoms with Crippen LogP contribution in [0.25, 0.3) is 0 Å². The van der Waals surface area contributed by atoms with Gasteiger partial charge in [0, 0.05) is 35.5 Å². The minimum absolute atomic E-state index is 0.0519. The summed E-state index contributed by atoms with van der Waals surface area (Å²) < 4.78 is 17.0. The third-order valence-corrected chi connectivity index (χ3v) is 10.6. The van der Waals surface area contributed by atoms with Gasteiger partial charge in [0.2, 0.25) is 17.7 Å². The Bertz CT molecular complexity index is 1980. The summed E-state index contributed by atoms with van der Waals surface area (Å²) >= 11 is 1.47. The molecule has 1 aliphatic carbocycles. The number of imide groups is 2. The fraction of sp³-hybridized carbons (Fsp3) is 0.475. The molecule has 1 unspecified atom stereocenters. The Labute approximate surface area is 329 Å². The lowest BCUT2D eigenvalue weighted by atomic mass is 9.84. The minimum atomic E-state index is -1.03. The number of nitrogens with zero attached hydrogens (tertiary/aromatic N) is 2. The molecule has 0 bridgehead atoms. The Hall–Kier alpha value is -5.35. The van der Waals surface area contributed by atoms with Gasteiger partial charge in [-0.1, -0.05) is 18.2 Å². The number of alkyl carbamates (subject to hydrolysis) is 1. The van der Waals surface area contributed by atoms with E-state index in [1.54, 1.807) is 18.2 Å². The fourth-order valence-electron chi connectivity index (χ4n) is 7.16. The number of ether oxygens (including phenoxy) is 3. The van der Waals surface area contributed by atoms with Gasteiger partial charge >= 0.3 is 6.09 Å². The van der Waals surface area contributed by atoms with Crippen molar-refractivity contribution < 1.29 is 43.0 Å². The Morgan fingerprint density at radius 1 is 0.964 bits per heavy atom. The summed E-state index contributed by atoms with van der Waals surface area (Å²) in [6.07, 6.45) is 3.36. The predicted octanol–water partition coefficient (Wildman–Crippen LogP) is 5.09. The van der Waals surface area contributed by atoms with Gasteiger partial charge in [0.1, 0.15) is 24.0 Å². The SMILES string of the molecule is Cc1sc(NC(=O)Cc2cccc(OCCOCCNc3cccc4c3C(=O)N(C3CCC(=O)NC3=O)C4=O)c2)nc1C1CCC(NC(=O)OC(C)(C)C)CC1. The van der Waals surface area contributed by atoms with E-state index in [1.807, 2.05) is 52.0 Å². The first-order valence-electron chi connectivity index (χ1n) is 18.9. The van der Waals surface area contributed by atoms with E-state index in [9.17, 15) is 28.8 Å². The molecule has 3 aliphatic rings. The molecule has 3 aromatic rings. The largest absolute Gasteiger partial charge is 0.491 e. The third kappa shape index (κ3) is 10.1. The summed E-state index contributed by atoms with van der Waals surface area (Å²) in [6.45, 7) is 8.75. The second-order valence-corrected chi connectivity index (χ2v) is 16.3. The van der Waals surface area contributed by atoms with Crippen molar-refractivity contribution >= 4 is 57.8 Å². The monoisotopic (exact) mass is 788 g/mol. The lowest BCUT2D eigenvalue weighted by Crippen LogP contribution is -2.54. The number of carbonyl (C=O) groups is 6. The molecule has 1 aromatic heterocycles. The highest BCUT2D eigenvalue weighted by Gasteiger charge is 2.45. The zero-order chi connectivity index (χ0) is 40.0. The van der Waals surface area contributed by atoms with Gasteiger partial charge in [-0.15, -0.1) is 11.3 Å². The summed E-state index contributed by atoms with van der Waals surface area (Å²) in [5.41, 5.74) is 2.10. The van der Waals surface area contributed by atoms with E-state index in [0.717, 1.165) is 46.7 Å². The van der Waals surface area contributed by atoms with Gasteiger partial charge < -0.3 is 30.2 Å². The van der Waals surface area contributed by atoms with Crippen LogP contribution in [-0.4, -0.2) is 89.6 Å². The lowest BCUT2D eigenvalue weighted by molar-refractivity contribution is -0.136. The molecule has 3 heterocycles. The molecule has 2 aromatic carbocycles. The molecule has 16 heteroatoms. The number of aromatic nitrogens is 1. The number of thiazole rings is 1. The van der Waals surface area contributed by atoms with E-state index in [1.165, 1.54) is 11.3 Å². The first-order chi connectivity index (χ1) is 26.8. The zero-order valence-electron chi connectivity index (χ0n) is 32.0. The highest BCUT2D eigenvalue weighted by atomic mass is 32.1. The third-order valence-electron chi connectivity index (χ3n) is 9.70. The van der Waals surface area contributed by atoms with Crippen molar-refractivity contribution in [2.24, 2.45) is 0 Å². The topological polar surface area (TPSA) is 194 Å². The van der Waals surface area contributed by atoms with Crippen LogP contribution in [0.4, 0.5) is 15.6 Å². The number of nitrogens with one attached hydrogen (secondary N) is 4. The molecular formula is C40H48N6O9S. The van der Waals surface area contributed by atoms with Crippen LogP contribution in [0.3, 0.4) is 0 Å². The Morgan fingerprint density at radius 2 is 1.73 bits per heavy atom. The van der Waals surface area contributed by atoms with Crippen LogP contribution in [0, 0.1) is 6.92 Å². The number of aryl methyl sites for hydroxylation is 1. The van der Waals surface area contributed by atoms with Crippen LogP contribution in [0.1, 0.15) is 102 Å². The van der Waals surface area contributed by atoms with Crippen LogP contribution in [0.2, 0.25) is 0 Å². The maximum Gasteiger partial charge on any atom is 0.407 e. The molecule has 298 valence electrons. The first kappa shape index (κ1) is 40.3. The van der Waals surface area contributed by atoms with Crippen LogP contribution in [0.15, 0.2) is 42.5 Å². The molecule has 0 spiro atoms. The Kier molecular flexibility index (Phi) is 12.7. The molecule has 4 N–H and O–H groups in total. The minimum Gasteiger partial charge on any atom is -0.491 e. The number of hydrogen-bond donors (Lipinski definition) is 4. The van der Waals surface area contributed by atoms with Crippen molar-refractivity contribution in [3.63, 3.8) is 0 Å². The molecule has 15 nitrogen and oxygen atoms in total. The van der Waals surface area contributed by atoms with Gasteiger partial charge in [-0.3, -0.25) is 34.2 Å². The summed E-state index contributed by atoms with van der Waals surface area (Å²) in [5, 5.41) is 11.8. The highest BCUT2D eigenvalue weighted by Crippen LogP contribution is 2.37. The van der Waals surface area contributed by atoms with Crippen LogP contribution in [0.5, 0.6) is 5.75 Å². The summed E-state index contributed by atoms with van der Waals surface area (Å²) in [7, 11) is 0. The van der Waals surface area contributed by atoms with E-state index < -0.39 is 35.3 Å². The van der Waals surface area contributed by atoms with Crippen molar-refractivity contribution in [3.05, 3.63) is 69.7 Å². The van der Waals surface area contributed by atoms with E-state index in [0.29, 0.717) is 23.1 Å². The Morgan fingerprint density at radius 3 is 2.48 bits per heavy atom. The van der Waals surface area contributed by atoms with Crippen molar-refractivity contribution in [2.45, 2.75) is 96.2 Å². The van der Waals surface area contributed by atoms with Gasteiger partial charge in [-0.25, -0.2) is 9.78 Å². The smallest absolute Gasteiger partial charge is 0.407 e. The number of fused-ring (bicyclic) bond motifs is 1. The van der Waals surface area contributed by atoms with Crippen molar-refractivity contribution in [2.75, 3.05) is 37.0 Å². The summed E-state index contributed by atoms with van der Waals surface area (Å²) in [4.78, 5) is 82.2. The molecule has 0 radical (unpaired) electrons. The van der Waals surface area contributed by atoms with E-state index >= 15 is 0 Å². The van der Waals surface area contributed by atoms with Gasteiger partial charge in [0.05, 0.1) is 36.5 Å². The number of piperidine rings is 1. The second kappa shape index (κ2) is 17.6. The standard InChI is InChI=1S/C40H48N6O9S/c1-23-34(25-11-13-26(14-12-25)42-39(52)55-40(2,3)4)45-38(56-23)44-32(48)22-24-7-5-8-27(21-24)54-20-19-53-18-17-41-29-10-6-9-28-33(29)37(51)46(36(28)50)30-15-16-31(47)43-35(30)49/h5-10,21,25-26,30,41H,11-20,22H2,1-4H3,(H,42,52)(H,43,47,49)(H,44,45,48). The second-order valence-electron chi connectivity index (χ2n) is 15.1. The zero-order valence-corrected chi connectivity index (χ0v) is 32.8. The average molecular weight is 789 g/mol. The molecular weight excluding hydrogens is 741 g/mol. The van der Waals surface area contributed by atoms with Gasteiger partial charge in [0.15, 0.2) is 5.13 Å². The van der Waals surface area contributed by atoms with Crippen molar-refractivity contribution in [1.29, 1.82) is 0 Å². The molecule has 1 saturated heterocycles. The molecule has 2 aliphatic heterocycles. The van der Waals surface area contributed by atoms with Crippen molar-refractivity contribution in [3.8, 4) is 5.75 Å². The summed E-state index contributed by atoms with van der Waals surface area (Å²) in [6, 6.07) is 11.2. The van der Waals surface area contributed by atoms with Gasteiger partial charge in [-0.05, 0) is 89.6 Å². The number of rotatable bonds is 14. The normalized spacial score (nSPS) is 19.6.